The van der Waals surface area contributed by atoms with Gasteiger partial charge in [0.2, 0.25) is 11.1 Å². The maximum atomic E-state index is 12.7. The molecule has 0 saturated carbocycles. The Morgan fingerprint density at radius 3 is 2.50 bits per heavy atom. The molecule has 0 radical (unpaired) electrons. The van der Waals surface area contributed by atoms with E-state index in [4.69, 9.17) is 10.6 Å². The van der Waals surface area contributed by atoms with E-state index in [2.05, 4.69) is 10.2 Å². The van der Waals surface area contributed by atoms with Gasteiger partial charge in [-0.25, -0.2) is 4.68 Å². The number of para-hydroxylation sites is 2. The normalized spacial score (nSPS) is 13.7. The summed E-state index contributed by atoms with van der Waals surface area (Å²) < 4.78 is 6.82. The van der Waals surface area contributed by atoms with E-state index < -0.39 is 0 Å². The number of hydrogen-bond acceptors (Lipinski definition) is 9. The van der Waals surface area contributed by atoms with Crippen LogP contribution in [0.1, 0.15) is 6.92 Å². The van der Waals surface area contributed by atoms with Crippen molar-refractivity contribution in [2.45, 2.75) is 12.1 Å². The molecule has 1 fully saturated rings. The van der Waals surface area contributed by atoms with Crippen LogP contribution in [0.25, 0.3) is 11.4 Å². The number of thioether (sulfide) groups is 1. The van der Waals surface area contributed by atoms with Crippen LogP contribution in [0.5, 0.6) is 5.75 Å². The fraction of sp³-hybridized carbons (Fsp3) is 0.318. The first kappa shape index (κ1) is 23.4. The van der Waals surface area contributed by atoms with Gasteiger partial charge >= 0.3 is 0 Å². The molecule has 3 aromatic rings. The van der Waals surface area contributed by atoms with Crippen molar-refractivity contribution >= 4 is 29.0 Å². The van der Waals surface area contributed by atoms with E-state index in [0.717, 1.165) is 11.3 Å². The summed E-state index contributed by atoms with van der Waals surface area (Å²) in [5, 5.41) is 20.0. The molecule has 0 bridgehead atoms. The van der Waals surface area contributed by atoms with Crippen molar-refractivity contribution in [2.75, 3.05) is 49.3 Å². The van der Waals surface area contributed by atoms with Crippen LogP contribution in [-0.4, -0.2) is 69.1 Å². The van der Waals surface area contributed by atoms with Gasteiger partial charge in [-0.05, 0) is 37.3 Å². The zero-order chi connectivity index (χ0) is 24.1. The van der Waals surface area contributed by atoms with Gasteiger partial charge in [-0.3, -0.25) is 14.9 Å². The monoisotopic (exact) mass is 483 g/mol. The number of nitrogens with two attached hydrogens (primary N) is 1. The molecular formula is C22H25N7O4S. The number of ether oxygens (including phenoxy) is 1. The molecule has 1 saturated heterocycles. The number of carbonyl (C=O) groups is 1. The van der Waals surface area contributed by atoms with Crippen LogP contribution in [-0.2, 0) is 4.79 Å². The molecule has 1 aliphatic rings. The number of carbonyl (C=O) groups excluding carboxylic acids is 1. The molecule has 34 heavy (non-hydrogen) atoms. The van der Waals surface area contributed by atoms with Gasteiger partial charge in [-0.2, -0.15) is 0 Å². The van der Waals surface area contributed by atoms with Crippen LogP contribution in [0, 0.1) is 10.1 Å². The Balaban J connectivity index is 1.32. The summed E-state index contributed by atoms with van der Waals surface area (Å²) in [5.74, 6) is 7.55. The van der Waals surface area contributed by atoms with Gasteiger partial charge in [0.25, 0.3) is 5.69 Å². The van der Waals surface area contributed by atoms with Crippen LogP contribution < -0.4 is 15.5 Å². The van der Waals surface area contributed by atoms with Crippen molar-refractivity contribution in [2.24, 2.45) is 0 Å². The topological polar surface area (TPSA) is 133 Å². The van der Waals surface area contributed by atoms with E-state index in [1.165, 1.54) is 22.5 Å². The minimum atomic E-state index is -0.381. The number of piperazine rings is 1. The van der Waals surface area contributed by atoms with Gasteiger partial charge in [-0.1, -0.05) is 23.9 Å². The minimum Gasteiger partial charge on any atom is -0.494 e. The number of benzene rings is 2. The molecule has 178 valence electrons. The van der Waals surface area contributed by atoms with Crippen LogP contribution in [0.15, 0.2) is 53.7 Å². The van der Waals surface area contributed by atoms with Crippen molar-refractivity contribution in [1.82, 2.24) is 19.8 Å². The molecule has 1 aromatic heterocycles. The predicted molar refractivity (Wildman–Crippen MR) is 129 cm³/mol. The summed E-state index contributed by atoms with van der Waals surface area (Å²) >= 11 is 1.22. The van der Waals surface area contributed by atoms with Crippen LogP contribution >= 0.6 is 11.8 Å². The lowest BCUT2D eigenvalue weighted by molar-refractivity contribution is -0.384. The van der Waals surface area contributed by atoms with Gasteiger partial charge in [0.1, 0.15) is 11.4 Å². The van der Waals surface area contributed by atoms with E-state index in [1.807, 2.05) is 36.1 Å². The first-order valence-corrected chi connectivity index (χ1v) is 11.8. The van der Waals surface area contributed by atoms with Crippen LogP contribution in [0.4, 0.5) is 11.4 Å². The number of hydrogen-bond donors (Lipinski definition) is 1. The highest BCUT2D eigenvalue weighted by molar-refractivity contribution is 7.99. The lowest BCUT2D eigenvalue weighted by Gasteiger charge is -2.35. The number of amides is 1. The fourth-order valence-corrected chi connectivity index (χ4v) is 4.50. The van der Waals surface area contributed by atoms with E-state index >= 15 is 0 Å². The zero-order valence-electron chi connectivity index (χ0n) is 18.7. The number of anilines is 1. The standard InChI is InChI=1S/C22H25N7O4S/c1-2-33-17-9-7-16(8-10-17)21-24-25-22(28(21)23)34-15-20(30)27-13-11-26(12-14-27)18-5-3-4-6-19(18)29(31)32/h3-10H,2,11-15,23H2,1H3. The van der Waals surface area contributed by atoms with Gasteiger partial charge in [0.15, 0.2) is 5.82 Å². The maximum absolute atomic E-state index is 12.7. The number of aromatic nitrogens is 3. The highest BCUT2D eigenvalue weighted by atomic mass is 32.2. The lowest BCUT2D eigenvalue weighted by Crippen LogP contribution is -2.49. The summed E-state index contributed by atoms with van der Waals surface area (Å²) in [6.07, 6.45) is 0. The predicted octanol–water partition coefficient (Wildman–Crippen LogP) is 2.41. The lowest BCUT2D eigenvalue weighted by atomic mass is 10.2. The Hall–Kier alpha value is -3.80. The van der Waals surface area contributed by atoms with Crippen molar-refractivity contribution in [3.05, 3.63) is 58.6 Å². The third-order valence-corrected chi connectivity index (χ3v) is 6.39. The van der Waals surface area contributed by atoms with Crippen LogP contribution in [0.3, 0.4) is 0 Å². The average molecular weight is 484 g/mol. The second-order valence-electron chi connectivity index (χ2n) is 7.54. The molecule has 1 aliphatic heterocycles. The van der Waals surface area contributed by atoms with Crippen molar-refractivity contribution in [1.29, 1.82) is 0 Å². The highest BCUT2D eigenvalue weighted by Gasteiger charge is 2.26. The second kappa shape index (κ2) is 10.4. The Morgan fingerprint density at radius 1 is 1.12 bits per heavy atom. The molecular weight excluding hydrogens is 458 g/mol. The summed E-state index contributed by atoms with van der Waals surface area (Å²) in [6.45, 7) is 4.52. The summed E-state index contributed by atoms with van der Waals surface area (Å²) in [6, 6.07) is 14.1. The molecule has 2 aromatic carbocycles. The summed E-state index contributed by atoms with van der Waals surface area (Å²) in [5.41, 5.74) is 1.44. The zero-order valence-corrected chi connectivity index (χ0v) is 19.5. The highest BCUT2D eigenvalue weighted by Crippen LogP contribution is 2.29. The molecule has 2 heterocycles. The molecule has 0 atom stereocenters. The van der Waals surface area contributed by atoms with Crippen molar-refractivity contribution in [3.8, 4) is 17.1 Å². The largest absolute Gasteiger partial charge is 0.494 e. The van der Waals surface area contributed by atoms with Crippen LogP contribution in [0.2, 0.25) is 0 Å². The average Bonchev–Trinajstić information content (AvgIpc) is 3.23. The number of nitrogens with zero attached hydrogens (tertiary/aromatic N) is 6. The Kier molecular flexibility index (Phi) is 7.16. The maximum Gasteiger partial charge on any atom is 0.292 e. The summed E-state index contributed by atoms with van der Waals surface area (Å²) in [4.78, 5) is 27.4. The summed E-state index contributed by atoms with van der Waals surface area (Å²) in [7, 11) is 0. The molecule has 0 aliphatic carbocycles. The van der Waals surface area contributed by atoms with Gasteiger partial charge in [0.05, 0.1) is 17.3 Å². The Morgan fingerprint density at radius 2 is 1.82 bits per heavy atom. The molecule has 12 heteroatoms. The molecule has 1 amide bonds. The fourth-order valence-electron chi connectivity index (χ4n) is 3.74. The Labute approximate surface area is 200 Å². The first-order valence-electron chi connectivity index (χ1n) is 10.8. The third kappa shape index (κ3) is 5.06. The van der Waals surface area contributed by atoms with Gasteiger partial charge in [0, 0.05) is 37.8 Å². The third-order valence-electron chi connectivity index (χ3n) is 5.46. The number of nitrogen functional groups attached to an aromatic ring is 1. The molecule has 4 rings (SSSR count). The number of nitro benzene ring substituents is 1. The molecule has 0 spiro atoms. The number of rotatable bonds is 8. The SMILES string of the molecule is CCOc1ccc(-c2nnc(SCC(=O)N3CCN(c4ccccc4[N+](=O)[O-])CC3)n2N)cc1. The Bertz CT molecular complexity index is 1160. The van der Waals surface area contributed by atoms with Crippen molar-refractivity contribution < 1.29 is 14.5 Å². The first-order chi connectivity index (χ1) is 16.5. The molecule has 11 nitrogen and oxygen atoms in total. The van der Waals surface area contributed by atoms with Crippen molar-refractivity contribution in [3.63, 3.8) is 0 Å². The van der Waals surface area contributed by atoms with Gasteiger partial charge in [-0.15, -0.1) is 10.2 Å². The van der Waals surface area contributed by atoms with E-state index in [1.54, 1.807) is 23.1 Å². The van der Waals surface area contributed by atoms with Gasteiger partial charge < -0.3 is 20.4 Å². The van der Waals surface area contributed by atoms with E-state index in [0.29, 0.717) is 49.5 Å². The second-order valence-corrected chi connectivity index (χ2v) is 8.48. The molecule has 0 unspecified atom stereocenters. The van der Waals surface area contributed by atoms with E-state index in [9.17, 15) is 14.9 Å². The minimum absolute atomic E-state index is 0.0437. The van der Waals surface area contributed by atoms with E-state index in [-0.39, 0.29) is 22.3 Å². The quantitative estimate of drug-likeness (QED) is 0.222. The molecule has 2 N–H and O–H groups in total. The smallest absolute Gasteiger partial charge is 0.292 e. The number of nitro groups is 1.